The van der Waals surface area contributed by atoms with Crippen LogP contribution in [-0.4, -0.2) is 19.3 Å². The number of ether oxygens (including phenoxy) is 1. The third-order valence-electron chi connectivity index (χ3n) is 0.588. The van der Waals surface area contributed by atoms with Crippen molar-refractivity contribution in [1.82, 2.24) is 0 Å². The van der Waals surface area contributed by atoms with Crippen LogP contribution in [0.15, 0.2) is 0 Å². The van der Waals surface area contributed by atoms with Gasteiger partial charge in [0.2, 0.25) is 0 Å². The topological polar surface area (TPSA) is 32.4 Å². The minimum absolute atomic E-state index is 0.0556. The third kappa shape index (κ3) is 0.597. The van der Waals surface area contributed by atoms with Crippen LogP contribution in [0.4, 0.5) is 0 Å². The Kier molecular flexibility index (Phi) is 0.596. The molecule has 0 N–H and O–H groups in total. The Balaban J connectivity index is 2.00. The summed E-state index contributed by atoms with van der Waals surface area (Å²) in [6, 6.07) is 0. The van der Waals surface area contributed by atoms with Crippen LogP contribution in [0, 0.1) is 0 Å². The van der Waals surface area contributed by atoms with Crippen molar-refractivity contribution in [3.63, 3.8) is 0 Å². The van der Waals surface area contributed by atoms with Gasteiger partial charge in [-0.1, -0.05) is 0 Å². The first-order valence-corrected chi connectivity index (χ1v) is 1.63. The van der Waals surface area contributed by atoms with Gasteiger partial charge in [-0.15, -0.1) is 0 Å². The number of hydrogen-bond donors (Lipinski definition) is 0. The molecule has 0 spiro atoms. The Hall–Kier alpha value is -0.0800. The second-order valence-electron chi connectivity index (χ2n) is 1.12. The molecule has 1 fully saturated rings. The highest BCUT2D eigenvalue weighted by Crippen LogP contribution is 2.05. The van der Waals surface area contributed by atoms with Crippen molar-refractivity contribution in [2.45, 2.75) is 6.10 Å². The van der Waals surface area contributed by atoms with E-state index in [0.717, 1.165) is 0 Å². The minimum atomic E-state index is -0.0556. The fraction of sp³-hybridized carbons (Fsp3) is 1.00. The van der Waals surface area contributed by atoms with Crippen LogP contribution >= 0.6 is 0 Å². The summed E-state index contributed by atoms with van der Waals surface area (Å²) < 4.78 is 4.55. The monoisotopic (exact) mass is 73.0 g/mol. The summed E-state index contributed by atoms with van der Waals surface area (Å²) in [6.45, 7) is 0.642. The van der Waals surface area contributed by atoms with Crippen molar-refractivity contribution in [2.24, 2.45) is 0 Å². The fourth-order valence-electron chi connectivity index (χ4n) is 0.164. The maximum Gasteiger partial charge on any atom is 0.111 e. The molecule has 2 heteroatoms. The summed E-state index contributed by atoms with van der Waals surface area (Å²) in [4.78, 5) is 0. The Morgan fingerprint density at radius 2 is 2.60 bits per heavy atom. The molecule has 1 aliphatic rings. The summed E-state index contributed by atoms with van der Waals surface area (Å²) in [5.74, 6) is 0. The third-order valence-corrected chi connectivity index (χ3v) is 0.588. The van der Waals surface area contributed by atoms with E-state index in [2.05, 4.69) is 4.74 Å². The molecule has 0 aromatic carbocycles. The lowest BCUT2D eigenvalue weighted by Gasteiger charge is -1.66. The van der Waals surface area contributed by atoms with Gasteiger partial charge in [0.05, 0.1) is 6.61 Å². The zero-order valence-electron chi connectivity index (χ0n) is 2.81. The quantitative estimate of drug-likeness (QED) is 0.396. The highest BCUT2D eigenvalue weighted by atomic mass is 16.6. The zero-order chi connectivity index (χ0) is 3.70. The molecule has 0 aromatic heterocycles. The average molecular weight is 73.1 g/mol. The van der Waals surface area contributed by atoms with Crippen LogP contribution in [0.3, 0.4) is 0 Å². The molecule has 1 radical (unpaired) electrons. The van der Waals surface area contributed by atoms with E-state index in [1.165, 1.54) is 0 Å². The maximum absolute atomic E-state index is 9.57. The van der Waals surface area contributed by atoms with E-state index in [9.17, 15) is 5.11 Å². The molecule has 1 heterocycles. The average Bonchev–Trinajstić information content (AvgIpc) is 2.12. The lowest BCUT2D eigenvalue weighted by atomic mass is 10.5. The molecular formula is C3H5O2. The van der Waals surface area contributed by atoms with Gasteiger partial charge in [0.15, 0.2) is 0 Å². The van der Waals surface area contributed by atoms with Gasteiger partial charge in [-0.3, -0.25) is 0 Å². The predicted molar refractivity (Wildman–Crippen MR) is 15.3 cm³/mol. The van der Waals surface area contributed by atoms with Crippen molar-refractivity contribution in [2.75, 3.05) is 13.2 Å². The lowest BCUT2D eigenvalue weighted by Crippen LogP contribution is -1.86. The Morgan fingerprint density at radius 1 is 2.00 bits per heavy atom. The van der Waals surface area contributed by atoms with E-state index in [0.29, 0.717) is 6.61 Å². The van der Waals surface area contributed by atoms with Crippen LogP contribution < -0.4 is 0 Å². The van der Waals surface area contributed by atoms with Gasteiger partial charge in [0, 0.05) is 0 Å². The molecule has 1 atom stereocenters. The summed E-state index contributed by atoms with van der Waals surface area (Å²) in [6.07, 6.45) is 0.0787. The lowest BCUT2D eigenvalue weighted by molar-refractivity contribution is 0.164. The van der Waals surface area contributed by atoms with E-state index in [-0.39, 0.29) is 12.7 Å². The summed E-state index contributed by atoms with van der Waals surface area (Å²) in [5, 5.41) is 9.57. The van der Waals surface area contributed by atoms with Crippen molar-refractivity contribution < 1.29 is 9.84 Å². The molecule has 0 saturated carbocycles. The van der Waals surface area contributed by atoms with E-state index in [4.69, 9.17) is 0 Å². The van der Waals surface area contributed by atoms with E-state index >= 15 is 0 Å². The van der Waals surface area contributed by atoms with Crippen molar-refractivity contribution in [3.8, 4) is 0 Å². The van der Waals surface area contributed by atoms with Gasteiger partial charge < -0.3 is 4.74 Å². The maximum atomic E-state index is 9.57. The van der Waals surface area contributed by atoms with Gasteiger partial charge in [-0.2, -0.15) is 0 Å². The van der Waals surface area contributed by atoms with E-state index in [1.807, 2.05) is 0 Å². The molecular weight excluding hydrogens is 68.0 g/mol. The molecule has 0 bridgehead atoms. The van der Waals surface area contributed by atoms with Crippen molar-refractivity contribution in [1.29, 1.82) is 0 Å². The fourth-order valence-corrected chi connectivity index (χ4v) is 0.164. The van der Waals surface area contributed by atoms with Crippen LogP contribution in [0.1, 0.15) is 0 Å². The van der Waals surface area contributed by atoms with E-state index in [1.54, 1.807) is 0 Å². The first-order chi connectivity index (χ1) is 2.43. The highest BCUT2D eigenvalue weighted by molar-refractivity contribution is 4.64. The summed E-state index contributed by atoms with van der Waals surface area (Å²) in [5.41, 5.74) is 0. The van der Waals surface area contributed by atoms with Gasteiger partial charge >= 0.3 is 0 Å². The Labute approximate surface area is 30.4 Å². The van der Waals surface area contributed by atoms with Gasteiger partial charge in [0.25, 0.3) is 0 Å². The normalized spacial score (nSPS) is 34.2. The molecule has 29 valence electrons. The highest BCUT2D eigenvalue weighted by Gasteiger charge is 2.20. The summed E-state index contributed by atoms with van der Waals surface area (Å²) >= 11 is 0. The second kappa shape index (κ2) is 0.954. The molecule has 0 unspecified atom stereocenters. The SMILES string of the molecule is [O]C[C@H]1CO1. The standard InChI is InChI=1S/C3H5O2/c4-1-3-2-5-3/h3H,1-2H2/t3-/m0/s1. The van der Waals surface area contributed by atoms with Gasteiger partial charge in [0.1, 0.15) is 12.7 Å². The summed E-state index contributed by atoms with van der Waals surface area (Å²) in [7, 11) is 0. The van der Waals surface area contributed by atoms with Crippen LogP contribution in [0.25, 0.3) is 0 Å². The van der Waals surface area contributed by atoms with Gasteiger partial charge in [-0.05, 0) is 0 Å². The smallest absolute Gasteiger partial charge is 0.111 e. The second-order valence-corrected chi connectivity index (χ2v) is 1.12. The molecule has 1 saturated heterocycles. The largest absolute Gasteiger partial charge is 0.370 e. The van der Waals surface area contributed by atoms with Crippen LogP contribution in [-0.2, 0) is 9.84 Å². The molecule has 0 aliphatic carbocycles. The first kappa shape index (κ1) is 3.12. The molecule has 0 amide bonds. The zero-order valence-corrected chi connectivity index (χ0v) is 2.81. The molecule has 0 aromatic rings. The minimum Gasteiger partial charge on any atom is -0.370 e. The van der Waals surface area contributed by atoms with E-state index < -0.39 is 0 Å². The molecule has 2 nitrogen and oxygen atoms in total. The number of rotatable bonds is 1. The Bertz CT molecular complexity index is 31.9. The number of epoxide rings is 1. The number of hydrogen-bond acceptors (Lipinski definition) is 1. The predicted octanol–water partition coefficient (Wildman–Crippen LogP) is -0.184. The van der Waals surface area contributed by atoms with Crippen LogP contribution in [0.2, 0.25) is 0 Å². The molecule has 5 heavy (non-hydrogen) atoms. The Morgan fingerprint density at radius 3 is 2.60 bits per heavy atom. The first-order valence-electron chi connectivity index (χ1n) is 1.63. The van der Waals surface area contributed by atoms with Crippen molar-refractivity contribution in [3.05, 3.63) is 0 Å². The molecule has 1 rings (SSSR count). The molecule has 1 aliphatic heterocycles. The van der Waals surface area contributed by atoms with Crippen molar-refractivity contribution >= 4 is 0 Å². The van der Waals surface area contributed by atoms with Crippen LogP contribution in [0.5, 0.6) is 0 Å². The van der Waals surface area contributed by atoms with Gasteiger partial charge in [-0.25, -0.2) is 5.11 Å².